The molecule has 1 aliphatic carbocycles. The maximum absolute atomic E-state index is 9.84. The van der Waals surface area contributed by atoms with Crippen LogP contribution in [0, 0.1) is 4.77 Å². The van der Waals surface area contributed by atoms with E-state index in [4.69, 9.17) is 12.2 Å². The number of aromatic amines is 1. The summed E-state index contributed by atoms with van der Waals surface area (Å²) in [7, 11) is 0. The largest absolute Gasteiger partial charge is 0.504 e. The van der Waals surface area contributed by atoms with Crippen molar-refractivity contribution in [2.24, 2.45) is 0 Å². The molecule has 1 heterocycles. The lowest BCUT2D eigenvalue weighted by atomic mass is 10.1. The first kappa shape index (κ1) is 10.3. The fourth-order valence-electron chi connectivity index (χ4n) is 1.88. The quantitative estimate of drug-likeness (QED) is 0.564. The molecule has 17 heavy (non-hydrogen) atoms. The highest BCUT2D eigenvalue weighted by Gasteiger charge is 2.28. The molecule has 1 aliphatic rings. The number of phenolic OH excluding ortho intramolecular Hbond substituents is 2. The van der Waals surface area contributed by atoms with Gasteiger partial charge in [0.05, 0.1) is 5.56 Å². The number of hydrogen-bond acceptors (Lipinski definition) is 4. The summed E-state index contributed by atoms with van der Waals surface area (Å²) < 4.78 is 2.44. The minimum Gasteiger partial charge on any atom is -0.504 e. The van der Waals surface area contributed by atoms with Crippen LogP contribution < -0.4 is 0 Å². The van der Waals surface area contributed by atoms with Gasteiger partial charge in [-0.25, -0.2) is 0 Å². The average molecular weight is 249 g/mol. The maximum Gasteiger partial charge on any atom is 0.195 e. The van der Waals surface area contributed by atoms with Gasteiger partial charge in [-0.1, -0.05) is 6.07 Å². The van der Waals surface area contributed by atoms with Gasteiger partial charge < -0.3 is 10.2 Å². The number of hydrogen-bond donors (Lipinski definition) is 3. The number of phenols is 2. The van der Waals surface area contributed by atoms with Crippen LogP contribution in [0.4, 0.5) is 0 Å². The van der Waals surface area contributed by atoms with Gasteiger partial charge in [-0.15, -0.1) is 0 Å². The molecule has 5 nitrogen and oxygen atoms in total. The van der Waals surface area contributed by atoms with E-state index in [1.165, 1.54) is 6.07 Å². The molecule has 2 aromatic rings. The van der Waals surface area contributed by atoms with Crippen LogP contribution >= 0.6 is 12.2 Å². The Bertz CT molecular complexity index is 628. The number of para-hydroxylation sites is 1. The fourth-order valence-corrected chi connectivity index (χ4v) is 2.16. The normalized spacial score (nSPS) is 15.1. The predicted molar refractivity (Wildman–Crippen MR) is 64.4 cm³/mol. The molecule has 88 valence electrons. The second-order valence-electron chi connectivity index (χ2n) is 4.13. The highest BCUT2D eigenvalue weighted by atomic mass is 32.1. The first-order valence-electron chi connectivity index (χ1n) is 5.36. The van der Waals surface area contributed by atoms with E-state index in [-0.39, 0.29) is 11.5 Å². The number of aromatic nitrogens is 3. The van der Waals surface area contributed by atoms with Crippen LogP contribution in [-0.4, -0.2) is 25.0 Å². The number of H-pyrrole nitrogens is 1. The molecule has 0 aliphatic heterocycles. The van der Waals surface area contributed by atoms with Gasteiger partial charge in [0.1, 0.15) is 0 Å². The topological polar surface area (TPSA) is 74.1 Å². The minimum atomic E-state index is -0.164. The van der Waals surface area contributed by atoms with Crippen molar-refractivity contribution in [3.63, 3.8) is 0 Å². The second kappa shape index (κ2) is 3.59. The third kappa shape index (κ3) is 1.61. The maximum atomic E-state index is 9.84. The van der Waals surface area contributed by atoms with Gasteiger partial charge in [0.25, 0.3) is 0 Å². The molecule has 0 amide bonds. The number of rotatable bonds is 2. The summed E-state index contributed by atoms with van der Waals surface area (Å²) in [5.74, 6) is 0.257. The minimum absolute atomic E-state index is 0.154. The van der Waals surface area contributed by atoms with Crippen LogP contribution in [0.25, 0.3) is 11.4 Å². The summed E-state index contributed by atoms with van der Waals surface area (Å²) in [6.45, 7) is 0. The Morgan fingerprint density at radius 1 is 1.35 bits per heavy atom. The molecule has 0 atom stereocenters. The average Bonchev–Trinajstić information content (AvgIpc) is 3.07. The van der Waals surface area contributed by atoms with Crippen LogP contribution in [0.15, 0.2) is 18.2 Å². The molecular weight excluding hydrogens is 238 g/mol. The zero-order valence-electron chi connectivity index (χ0n) is 8.92. The summed E-state index contributed by atoms with van der Waals surface area (Å²) in [6, 6.07) is 5.16. The van der Waals surface area contributed by atoms with E-state index in [9.17, 15) is 10.2 Å². The molecule has 0 unspecified atom stereocenters. The van der Waals surface area contributed by atoms with Crippen LogP contribution in [0.5, 0.6) is 11.5 Å². The first-order chi connectivity index (χ1) is 8.18. The van der Waals surface area contributed by atoms with E-state index in [0.29, 0.717) is 22.2 Å². The fraction of sp³-hybridized carbons (Fsp3) is 0.273. The van der Waals surface area contributed by atoms with Crippen molar-refractivity contribution in [1.82, 2.24) is 14.8 Å². The summed E-state index contributed by atoms with van der Waals surface area (Å²) in [6.07, 6.45) is 2.14. The Hall–Kier alpha value is -1.82. The van der Waals surface area contributed by atoms with Crippen molar-refractivity contribution in [2.75, 3.05) is 0 Å². The first-order valence-corrected chi connectivity index (χ1v) is 5.77. The van der Waals surface area contributed by atoms with E-state index in [0.717, 1.165) is 12.8 Å². The lowest BCUT2D eigenvalue weighted by molar-refractivity contribution is 0.404. The van der Waals surface area contributed by atoms with E-state index in [1.54, 1.807) is 12.1 Å². The third-order valence-corrected chi connectivity index (χ3v) is 3.16. The van der Waals surface area contributed by atoms with Gasteiger partial charge in [0.2, 0.25) is 0 Å². The molecule has 3 N–H and O–H groups in total. The number of nitrogens with one attached hydrogen (secondary N) is 1. The molecule has 6 heteroatoms. The van der Waals surface area contributed by atoms with Gasteiger partial charge >= 0.3 is 0 Å². The van der Waals surface area contributed by atoms with Gasteiger partial charge in [0, 0.05) is 6.04 Å². The zero-order valence-corrected chi connectivity index (χ0v) is 9.74. The Kier molecular flexibility index (Phi) is 2.19. The monoisotopic (exact) mass is 249 g/mol. The summed E-state index contributed by atoms with van der Waals surface area (Å²) >= 11 is 5.17. The van der Waals surface area contributed by atoms with Crippen molar-refractivity contribution in [1.29, 1.82) is 0 Å². The zero-order chi connectivity index (χ0) is 12.0. The molecule has 0 radical (unpaired) electrons. The summed E-state index contributed by atoms with van der Waals surface area (Å²) in [5.41, 5.74) is 0.490. The lowest BCUT2D eigenvalue weighted by Gasteiger charge is -2.07. The smallest absolute Gasteiger partial charge is 0.195 e. The molecule has 1 fully saturated rings. The van der Waals surface area contributed by atoms with Crippen LogP contribution in [-0.2, 0) is 0 Å². The van der Waals surface area contributed by atoms with Crippen LogP contribution in [0.3, 0.4) is 0 Å². The molecular formula is C11H11N3O2S. The van der Waals surface area contributed by atoms with Crippen molar-refractivity contribution < 1.29 is 10.2 Å². The molecule has 1 aromatic carbocycles. The second-order valence-corrected chi connectivity index (χ2v) is 4.51. The van der Waals surface area contributed by atoms with Crippen molar-refractivity contribution in [3.05, 3.63) is 23.0 Å². The van der Waals surface area contributed by atoms with Crippen LogP contribution in [0.2, 0.25) is 0 Å². The van der Waals surface area contributed by atoms with Gasteiger partial charge in [0.15, 0.2) is 22.1 Å². The Balaban J connectivity index is 2.21. The number of benzene rings is 1. The predicted octanol–water partition coefficient (Wildman–Crippen LogP) is 2.35. The van der Waals surface area contributed by atoms with Gasteiger partial charge in [-0.05, 0) is 37.2 Å². The molecule has 0 saturated heterocycles. The highest BCUT2D eigenvalue weighted by Crippen LogP contribution is 2.41. The molecule has 0 spiro atoms. The third-order valence-electron chi connectivity index (χ3n) is 2.87. The lowest BCUT2D eigenvalue weighted by Crippen LogP contribution is -1.97. The van der Waals surface area contributed by atoms with E-state index in [2.05, 4.69) is 10.2 Å². The Labute approximate surface area is 102 Å². The van der Waals surface area contributed by atoms with Crippen molar-refractivity contribution >= 4 is 12.2 Å². The van der Waals surface area contributed by atoms with E-state index in [1.807, 2.05) is 4.57 Å². The standard InChI is InChI=1S/C11H11N3O2S/c15-8-3-1-2-7(9(8)16)10-12-13-11(17)14(10)6-4-5-6/h1-3,6,15-16H,4-5H2,(H,13,17). The SMILES string of the molecule is Oc1cccc(-c2n[nH]c(=S)n2C2CC2)c1O. The van der Waals surface area contributed by atoms with Crippen molar-refractivity contribution in [3.8, 4) is 22.9 Å². The van der Waals surface area contributed by atoms with Gasteiger partial charge in [-0.2, -0.15) is 5.10 Å². The number of aromatic hydroxyl groups is 2. The van der Waals surface area contributed by atoms with Crippen molar-refractivity contribution in [2.45, 2.75) is 18.9 Å². The van der Waals surface area contributed by atoms with Gasteiger partial charge in [-0.3, -0.25) is 9.67 Å². The highest BCUT2D eigenvalue weighted by molar-refractivity contribution is 7.71. The summed E-state index contributed by atoms with van der Waals surface area (Å²) in [4.78, 5) is 0. The number of nitrogens with zero attached hydrogens (tertiary/aromatic N) is 2. The van der Waals surface area contributed by atoms with E-state index >= 15 is 0 Å². The molecule has 1 saturated carbocycles. The molecule has 3 rings (SSSR count). The molecule has 1 aromatic heterocycles. The Morgan fingerprint density at radius 2 is 2.12 bits per heavy atom. The Morgan fingerprint density at radius 3 is 2.82 bits per heavy atom. The van der Waals surface area contributed by atoms with Crippen LogP contribution in [0.1, 0.15) is 18.9 Å². The summed E-state index contributed by atoms with van der Waals surface area (Å²) in [5, 5.41) is 26.2. The molecule has 0 bridgehead atoms. The van der Waals surface area contributed by atoms with E-state index < -0.39 is 0 Å².